The molecule has 33 heavy (non-hydrogen) atoms. The van der Waals surface area contributed by atoms with Gasteiger partial charge in [-0.15, -0.1) is 0 Å². The number of piperidine rings is 2. The van der Waals surface area contributed by atoms with Crippen molar-refractivity contribution < 1.29 is 18.0 Å². The lowest BCUT2D eigenvalue weighted by atomic mass is 9.88. The van der Waals surface area contributed by atoms with Crippen LogP contribution in [0.3, 0.4) is 0 Å². The molecule has 2 heterocycles. The molecule has 2 aliphatic heterocycles. The summed E-state index contributed by atoms with van der Waals surface area (Å²) in [7, 11) is -3.57. The summed E-state index contributed by atoms with van der Waals surface area (Å²) >= 11 is 0. The van der Waals surface area contributed by atoms with Gasteiger partial charge in [0.05, 0.1) is 4.90 Å². The number of ketones is 1. The fraction of sp³-hybridized carbons (Fsp3) is 0.462. The van der Waals surface area contributed by atoms with Crippen molar-refractivity contribution in [3.8, 4) is 0 Å². The Labute approximate surface area is 196 Å². The van der Waals surface area contributed by atoms with E-state index in [0.29, 0.717) is 56.4 Å². The standard InChI is InChI=1S/C26H32N2O4S/c1-19-16-20(2)18-28(17-19)33(31,32)24-10-8-23(9-11-24)26(30)27-14-12-22(13-15-27)25(29)21-6-4-3-5-7-21/h3-11,19-20,22H,12-18H2,1-2H3. The smallest absolute Gasteiger partial charge is 0.253 e. The third kappa shape index (κ3) is 5.20. The van der Waals surface area contributed by atoms with Crippen molar-refractivity contribution in [2.24, 2.45) is 17.8 Å². The van der Waals surface area contributed by atoms with E-state index in [0.717, 1.165) is 12.0 Å². The maximum Gasteiger partial charge on any atom is 0.253 e. The number of amides is 1. The van der Waals surface area contributed by atoms with Crippen molar-refractivity contribution in [1.29, 1.82) is 0 Å². The Morgan fingerprint density at radius 2 is 1.39 bits per heavy atom. The highest BCUT2D eigenvalue weighted by atomic mass is 32.2. The van der Waals surface area contributed by atoms with Gasteiger partial charge in [-0.2, -0.15) is 4.31 Å². The number of likely N-dealkylation sites (tertiary alicyclic amines) is 1. The van der Waals surface area contributed by atoms with Crippen LogP contribution < -0.4 is 0 Å². The van der Waals surface area contributed by atoms with E-state index in [1.165, 1.54) is 12.1 Å². The molecule has 0 aromatic heterocycles. The second-order valence-corrected chi connectivity index (χ2v) is 11.5. The number of Topliss-reactive ketones (excluding diaryl/α,β-unsaturated/α-hetero) is 1. The Bertz CT molecular complexity index is 1080. The van der Waals surface area contributed by atoms with Crippen LogP contribution in [0.15, 0.2) is 59.5 Å². The molecule has 0 radical (unpaired) electrons. The van der Waals surface area contributed by atoms with Crippen LogP contribution in [0.2, 0.25) is 0 Å². The zero-order valence-electron chi connectivity index (χ0n) is 19.3. The summed E-state index contributed by atoms with van der Waals surface area (Å²) in [5.74, 6) is 0.615. The van der Waals surface area contributed by atoms with Gasteiger partial charge in [0.2, 0.25) is 10.0 Å². The molecule has 2 aromatic carbocycles. The van der Waals surface area contributed by atoms with E-state index >= 15 is 0 Å². The lowest BCUT2D eigenvalue weighted by Crippen LogP contribution is -2.42. The summed E-state index contributed by atoms with van der Waals surface area (Å²) in [5.41, 5.74) is 1.19. The highest BCUT2D eigenvalue weighted by Crippen LogP contribution is 2.27. The molecule has 2 aromatic rings. The molecule has 176 valence electrons. The molecule has 6 nitrogen and oxygen atoms in total. The van der Waals surface area contributed by atoms with Gasteiger partial charge in [0.25, 0.3) is 5.91 Å². The Balaban J connectivity index is 1.38. The first-order chi connectivity index (χ1) is 15.8. The van der Waals surface area contributed by atoms with Crippen LogP contribution in [0.4, 0.5) is 0 Å². The van der Waals surface area contributed by atoms with E-state index in [4.69, 9.17) is 0 Å². The van der Waals surface area contributed by atoms with Gasteiger partial charge in [-0.3, -0.25) is 9.59 Å². The number of sulfonamides is 1. The van der Waals surface area contributed by atoms with Crippen LogP contribution in [0.25, 0.3) is 0 Å². The SMILES string of the molecule is CC1CC(C)CN(S(=O)(=O)c2ccc(C(=O)N3CCC(C(=O)c4ccccc4)CC3)cc2)C1. The number of hydrogen-bond acceptors (Lipinski definition) is 4. The number of benzene rings is 2. The fourth-order valence-corrected chi connectivity index (χ4v) is 6.77. The first kappa shape index (κ1) is 23.6. The first-order valence-electron chi connectivity index (χ1n) is 11.7. The largest absolute Gasteiger partial charge is 0.339 e. The summed E-state index contributed by atoms with van der Waals surface area (Å²) in [6.45, 7) is 6.26. The summed E-state index contributed by atoms with van der Waals surface area (Å²) in [5, 5.41) is 0. The van der Waals surface area contributed by atoms with Gasteiger partial charge < -0.3 is 4.90 Å². The van der Waals surface area contributed by atoms with E-state index in [1.807, 2.05) is 30.3 Å². The quantitative estimate of drug-likeness (QED) is 0.620. The van der Waals surface area contributed by atoms with Crippen LogP contribution in [-0.4, -0.2) is 55.5 Å². The van der Waals surface area contributed by atoms with Crippen LogP contribution in [0, 0.1) is 17.8 Å². The molecule has 0 bridgehead atoms. The lowest BCUT2D eigenvalue weighted by Gasteiger charge is -2.34. The van der Waals surface area contributed by atoms with Gasteiger partial charge in [0, 0.05) is 43.2 Å². The van der Waals surface area contributed by atoms with Gasteiger partial charge >= 0.3 is 0 Å². The van der Waals surface area contributed by atoms with Crippen molar-refractivity contribution in [2.75, 3.05) is 26.2 Å². The normalized spacial score (nSPS) is 22.8. The number of hydrogen-bond donors (Lipinski definition) is 0. The molecule has 1 amide bonds. The third-order valence-electron chi connectivity index (χ3n) is 6.79. The predicted molar refractivity (Wildman–Crippen MR) is 128 cm³/mol. The number of nitrogens with zero attached hydrogens (tertiary/aromatic N) is 2. The van der Waals surface area contributed by atoms with E-state index in [-0.39, 0.29) is 22.5 Å². The molecule has 0 saturated carbocycles. The Kier molecular flexibility index (Phi) is 7.00. The lowest BCUT2D eigenvalue weighted by molar-refractivity contribution is 0.0650. The van der Waals surface area contributed by atoms with Gasteiger partial charge in [0.1, 0.15) is 0 Å². The molecule has 0 spiro atoms. The van der Waals surface area contributed by atoms with Gasteiger partial charge in [-0.1, -0.05) is 44.2 Å². The fourth-order valence-electron chi connectivity index (χ4n) is 5.09. The average molecular weight is 469 g/mol. The number of carbonyl (C=O) groups excluding carboxylic acids is 2. The van der Waals surface area contributed by atoms with E-state index in [2.05, 4.69) is 13.8 Å². The summed E-state index contributed by atoms with van der Waals surface area (Å²) in [4.78, 5) is 27.6. The van der Waals surface area contributed by atoms with Crippen molar-refractivity contribution in [3.05, 3.63) is 65.7 Å². The second-order valence-electron chi connectivity index (χ2n) is 9.59. The summed E-state index contributed by atoms with van der Waals surface area (Å²) < 4.78 is 27.7. The minimum absolute atomic E-state index is 0.0710. The highest BCUT2D eigenvalue weighted by molar-refractivity contribution is 7.89. The molecular formula is C26H32N2O4S. The third-order valence-corrected chi connectivity index (χ3v) is 8.63. The highest BCUT2D eigenvalue weighted by Gasteiger charge is 2.32. The maximum atomic E-state index is 13.1. The number of carbonyl (C=O) groups is 2. The van der Waals surface area contributed by atoms with Crippen LogP contribution in [-0.2, 0) is 10.0 Å². The first-order valence-corrected chi connectivity index (χ1v) is 13.2. The average Bonchev–Trinajstić information content (AvgIpc) is 2.83. The second kappa shape index (κ2) is 9.77. The zero-order valence-corrected chi connectivity index (χ0v) is 20.1. The maximum absolute atomic E-state index is 13.1. The Morgan fingerprint density at radius 3 is 1.97 bits per heavy atom. The van der Waals surface area contributed by atoms with E-state index < -0.39 is 10.0 Å². The van der Waals surface area contributed by atoms with Crippen molar-refractivity contribution in [2.45, 2.75) is 38.0 Å². The van der Waals surface area contributed by atoms with Crippen LogP contribution >= 0.6 is 0 Å². The summed E-state index contributed by atoms with van der Waals surface area (Å²) in [6, 6.07) is 15.6. The molecule has 2 aliphatic rings. The van der Waals surface area contributed by atoms with Gasteiger partial charge in [-0.05, 0) is 55.4 Å². The molecular weight excluding hydrogens is 436 g/mol. The molecule has 2 atom stereocenters. The molecule has 2 unspecified atom stereocenters. The van der Waals surface area contributed by atoms with Crippen molar-refractivity contribution in [1.82, 2.24) is 9.21 Å². The predicted octanol–water partition coefficient (Wildman–Crippen LogP) is 4.09. The Morgan fingerprint density at radius 1 is 0.818 bits per heavy atom. The topological polar surface area (TPSA) is 74.8 Å². The van der Waals surface area contributed by atoms with Crippen LogP contribution in [0.1, 0.15) is 53.8 Å². The van der Waals surface area contributed by atoms with Gasteiger partial charge in [-0.25, -0.2) is 8.42 Å². The van der Waals surface area contributed by atoms with E-state index in [1.54, 1.807) is 21.3 Å². The van der Waals surface area contributed by atoms with E-state index in [9.17, 15) is 18.0 Å². The summed E-state index contributed by atoms with van der Waals surface area (Å²) in [6.07, 6.45) is 2.31. The molecule has 4 rings (SSSR count). The molecule has 7 heteroatoms. The van der Waals surface area contributed by atoms with Crippen molar-refractivity contribution >= 4 is 21.7 Å². The monoisotopic (exact) mass is 468 g/mol. The molecule has 2 saturated heterocycles. The zero-order chi connectivity index (χ0) is 23.6. The molecule has 0 N–H and O–H groups in total. The Hall–Kier alpha value is -2.51. The molecule has 0 aliphatic carbocycles. The molecule has 2 fully saturated rings. The van der Waals surface area contributed by atoms with Gasteiger partial charge in [0.15, 0.2) is 5.78 Å². The minimum atomic E-state index is -3.57. The van der Waals surface area contributed by atoms with Crippen LogP contribution in [0.5, 0.6) is 0 Å². The number of rotatable bonds is 5. The van der Waals surface area contributed by atoms with Crippen molar-refractivity contribution in [3.63, 3.8) is 0 Å². The minimum Gasteiger partial charge on any atom is -0.339 e.